The van der Waals surface area contributed by atoms with Crippen LogP contribution in [-0.4, -0.2) is 11.8 Å². The summed E-state index contributed by atoms with van der Waals surface area (Å²) in [4.78, 5) is 0. The Labute approximate surface area is 122 Å². The summed E-state index contributed by atoms with van der Waals surface area (Å²) in [6.07, 6.45) is 6.76. The van der Waals surface area contributed by atoms with Crippen LogP contribution in [0.5, 0.6) is 0 Å². The van der Waals surface area contributed by atoms with E-state index in [1.165, 1.54) is 42.6 Å². The second-order valence-electron chi connectivity index (χ2n) is 5.83. The molecule has 1 aromatic carbocycles. The maximum Gasteiger partial charge on any atom is 0.0450 e. The molecule has 19 heavy (non-hydrogen) atoms. The highest BCUT2D eigenvalue weighted by Gasteiger charge is 2.23. The van der Waals surface area contributed by atoms with Crippen LogP contribution in [0.3, 0.4) is 0 Å². The van der Waals surface area contributed by atoms with E-state index in [0.29, 0.717) is 5.25 Å². The van der Waals surface area contributed by atoms with Crippen LogP contribution in [0.4, 0.5) is 0 Å². The molecule has 0 radical (unpaired) electrons. The zero-order chi connectivity index (χ0) is 13.7. The molecule has 0 aromatic heterocycles. The van der Waals surface area contributed by atoms with Crippen LogP contribution in [0.15, 0.2) is 24.3 Å². The van der Waals surface area contributed by atoms with Crippen LogP contribution in [-0.2, 0) is 0 Å². The Morgan fingerprint density at radius 3 is 2.58 bits per heavy atom. The highest BCUT2D eigenvalue weighted by atomic mass is 32.2. The molecule has 1 aromatic rings. The minimum atomic E-state index is 0.271. The largest absolute Gasteiger partial charge is 0.326 e. The second kappa shape index (κ2) is 7.35. The van der Waals surface area contributed by atoms with Crippen LogP contribution in [0.25, 0.3) is 0 Å². The van der Waals surface area contributed by atoms with Crippen LogP contribution in [0, 0.1) is 12.8 Å². The molecule has 0 saturated heterocycles. The van der Waals surface area contributed by atoms with Gasteiger partial charge in [-0.2, -0.15) is 11.8 Å². The Morgan fingerprint density at radius 2 is 1.95 bits per heavy atom. The van der Waals surface area contributed by atoms with Crippen LogP contribution >= 0.6 is 11.8 Å². The second-order valence-corrected chi connectivity index (χ2v) is 7.01. The van der Waals surface area contributed by atoms with Gasteiger partial charge in [0.25, 0.3) is 0 Å². The van der Waals surface area contributed by atoms with E-state index >= 15 is 0 Å². The molecule has 1 aliphatic rings. The zero-order valence-corrected chi connectivity index (χ0v) is 13.1. The third-order valence-electron chi connectivity index (χ3n) is 4.34. The molecule has 0 bridgehead atoms. The van der Waals surface area contributed by atoms with Crippen molar-refractivity contribution >= 4 is 11.8 Å². The van der Waals surface area contributed by atoms with Gasteiger partial charge in [0, 0.05) is 11.3 Å². The van der Waals surface area contributed by atoms with Gasteiger partial charge in [0.05, 0.1) is 0 Å². The van der Waals surface area contributed by atoms with Gasteiger partial charge in [0.1, 0.15) is 0 Å². The average molecular weight is 277 g/mol. The number of thioether (sulfide) groups is 1. The lowest BCUT2D eigenvalue weighted by Crippen LogP contribution is -2.26. The van der Waals surface area contributed by atoms with Crippen molar-refractivity contribution in [2.75, 3.05) is 5.75 Å². The van der Waals surface area contributed by atoms with E-state index in [2.05, 4.69) is 49.9 Å². The molecular weight excluding hydrogens is 250 g/mol. The molecule has 2 heteroatoms. The summed E-state index contributed by atoms with van der Waals surface area (Å²) in [6, 6.07) is 9.01. The van der Waals surface area contributed by atoms with Gasteiger partial charge in [-0.1, -0.05) is 44.0 Å². The predicted octanol–water partition coefficient (Wildman–Crippen LogP) is 4.70. The molecule has 106 valence electrons. The topological polar surface area (TPSA) is 26.0 Å². The molecular formula is C17H27NS. The number of aryl methyl sites for hydroxylation is 1. The van der Waals surface area contributed by atoms with E-state index in [9.17, 15) is 0 Å². The first kappa shape index (κ1) is 14.9. The van der Waals surface area contributed by atoms with E-state index in [0.717, 1.165) is 12.3 Å². The van der Waals surface area contributed by atoms with Gasteiger partial charge in [-0.05, 0) is 49.0 Å². The predicted molar refractivity (Wildman–Crippen MR) is 86.6 cm³/mol. The highest BCUT2D eigenvalue weighted by molar-refractivity contribution is 7.99. The minimum absolute atomic E-state index is 0.271. The first-order chi connectivity index (χ1) is 9.22. The SMILES string of the molecule is CCC(N)C(SCC1CCCC1)c1ccccc1C. The third kappa shape index (κ3) is 4.00. The molecule has 0 heterocycles. The van der Waals surface area contributed by atoms with Gasteiger partial charge in [-0.25, -0.2) is 0 Å². The third-order valence-corrected chi connectivity index (χ3v) is 5.97. The molecule has 1 fully saturated rings. The van der Waals surface area contributed by atoms with E-state index in [4.69, 9.17) is 5.73 Å². The Morgan fingerprint density at radius 1 is 1.26 bits per heavy atom. The standard InChI is InChI=1S/C17H27NS/c1-3-16(18)17(15-11-7-4-8-13(15)2)19-12-14-9-5-6-10-14/h4,7-8,11,14,16-17H,3,5-6,9-10,12,18H2,1-2H3. The smallest absolute Gasteiger partial charge is 0.0450 e. The van der Waals surface area contributed by atoms with Gasteiger partial charge in [0.15, 0.2) is 0 Å². The van der Waals surface area contributed by atoms with Crippen LogP contribution < -0.4 is 5.73 Å². The minimum Gasteiger partial charge on any atom is -0.326 e. The number of rotatable bonds is 6. The van der Waals surface area contributed by atoms with Gasteiger partial charge in [0.2, 0.25) is 0 Å². The van der Waals surface area contributed by atoms with E-state index in [-0.39, 0.29) is 6.04 Å². The number of hydrogen-bond donors (Lipinski definition) is 1. The molecule has 2 unspecified atom stereocenters. The molecule has 1 nitrogen and oxygen atoms in total. The maximum absolute atomic E-state index is 6.38. The maximum atomic E-state index is 6.38. The lowest BCUT2D eigenvalue weighted by atomic mass is 10.00. The molecule has 0 aliphatic heterocycles. The van der Waals surface area contributed by atoms with Crippen molar-refractivity contribution in [2.45, 2.75) is 57.2 Å². The van der Waals surface area contributed by atoms with Crippen molar-refractivity contribution in [1.82, 2.24) is 0 Å². The number of nitrogens with two attached hydrogens (primary N) is 1. The number of hydrogen-bond acceptors (Lipinski definition) is 2. The van der Waals surface area contributed by atoms with E-state index < -0.39 is 0 Å². The lowest BCUT2D eigenvalue weighted by molar-refractivity contribution is 0.607. The summed E-state index contributed by atoms with van der Waals surface area (Å²) in [5, 5.41) is 0.465. The fourth-order valence-corrected chi connectivity index (χ4v) is 4.68. The van der Waals surface area contributed by atoms with E-state index in [1.807, 2.05) is 0 Å². The summed E-state index contributed by atoms with van der Waals surface area (Å²) in [7, 11) is 0. The molecule has 0 spiro atoms. The Bertz CT molecular complexity index is 385. The van der Waals surface area contributed by atoms with Crippen molar-refractivity contribution in [1.29, 1.82) is 0 Å². The summed E-state index contributed by atoms with van der Waals surface area (Å²) in [5.41, 5.74) is 9.21. The first-order valence-corrected chi connectivity index (χ1v) is 8.70. The van der Waals surface area contributed by atoms with Gasteiger partial charge in [-0.3, -0.25) is 0 Å². The Hall–Kier alpha value is -0.470. The van der Waals surface area contributed by atoms with Crippen molar-refractivity contribution in [3.05, 3.63) is 35.4 Å². The highest BCUT2D eigenvalue weighted by Crippen LogP contribution is 2.38. The normalized spacial score (nSPS) is 19.5. The first-order valence-electron chi connectivity index (χ1n) is 7.65. The molecule has 1 aliphatic carbocycles. The monoisotopic (exact) mass is 277 g/mol. The Kier molecular flexibility index (Phi) is 5.77. The number of benzene rings is 1. The van der Waals surface area contributed by atoms with E-state index in [1.54, 1.807) is 0 Å². The molecule has 2 atom stereocenters. The van der Waals surface area contributed by atoms with Gasteiger partial charge in [-0.15, -0.1) is 0 Å². The quantitative estimate of drug-likeness (QED) is 0.816. The van der Waals surface area contributed by atoms with Gasteiger partial charge < -0.3 is 5.73 Å². The average Bonchev–Trinajstić information content (AvgIpc) is 2.93. The molecule has 1 saturated carbocycles. The molecule has 0 amide bonds. The van der Waals surface area contributed by atoms with Crippen molar-refractivity contribution in [3.8, 4) is 0 Å². The summed E-state index contributed by atoms with van der Waals surface area (Å²) < 4.78 is 0. The fraction of sp³-hybridized carbons (Fsp3) is 0.647. The molecule has 2 rings (SSSR count). The van der Waals surface area contributed by atoms with Gasteiger partial charge >= 0.3 is 0 Å². The van der Waals surface area contributed by atoms with Crippen molar-refractivity contribution in [3.63, 3.8) is 0 Å². The van der Waals surface area contributed by atoms with Crippen molar-refractivity contribution in [2.24, 2.45) is 11.7 Å². The van der Waals surface area contributed by atoms with Crippen LogP contribution in [0.2, 0.25) is 0 Å². The Balaban J connectivity index is 2.05. The summed E-state index contributed by atoms with van der Waals surface area (Å²) in [6.45, 7) is 4.41. The summed E-state index contributed by atoms with van der Waals surface area (Å²) >= 11 is 2.09. The fourth-order valence-electron chi connectivity index (χ4n) is 2.98. The summed E-state index contributed by atoms with van der Waals surface area (Å²) in [5.74, 6) is 2.22. The molecule has 2 N–H and O–H groups in total. The van der Waals surface area contributed by atoms with Crippen molar-refractivity contribution < 1.29 is 0 Å². The lowest BCUT2D eigenvalue weighted by Gasteiger charge is -2.25. The zero-order valence-electron chi connectivity index (χ0n) is 12.3. The van der Waals surface area contributed by atoms with Crippen LogP contribution in [0.1, 0.15) is 55.4 Å².